The van der Waals surface area contributed by atoms with Crippen LogP contribution in [0.5, 0.6) is 0 Å². The van der Waals surface area contributed by atoms with Crippen LogP contribution < -0.4 is 0 Å². The fourth-order valence-electron chi connectivity index (χ4n) is 8.46. The molecule has 270 valence electrons. The number of aromatic nitrogens is 3. The molecule has 5 heteroatoms. The highest BCUT2D eigenvalue weighted by Crippen LogP contribution is 2.45. The topological polar surface area (TPSA) is 67.6 Å². The minimum atomic E-state index is 0.435. The van der Waals surface area contributed by atoms with E-state index in [0.717, 1.165) is 88.4 Å². The van der Waals surface area contributed by atoms with Gasteiger partial charge in [-0.2, -0.15) is 5.26 Å². The average molecular weight is 741 g/mol. The van der Waals surface area contributed by atoms with Gasteiger partial charge in [0, 0.05) is 38.4 Å². The Morgan fingerprint density at radius 1 is 0.448 bits per heavy atom. The molecule has 0 saturated heterocycles. The van der Waals surface area contributed by atoms with Crippen LogP contribution in [0.3, 0.4) is 0 Å². The van der Waals surface area contributed by atoms with Gasteiger partial charge in [0.15, 0.2) is 5.82 Å². The fraction of sp³-hybridized carbons (Fsp3) is 0. The van der Waals surface area contributed by atoms with E-state index in [2.05, 4.69) is 120 Å². The van der Waals surface area contributed by atoms with Gasteiger partial charge < -0.3 is 8.98 Å². The Morgan fingerprint density at radius 3 is 1.60 bits per heavy atom. The van der Waals surface area contributed by atoms with Crippen molar-refractivity contribution in [3.8, 4) is 67.9 Å². The van der Waals surface area contributed by atoms with Crippen molar-refractivity contribution in [1.82, 2.24) is 14.5 Å². The molecule has 0 spiro atoms. The second-order valence-corrected chi connectivity index (χ2v) is 14.4. The van der Waals surface area contributed by atoms with Crippen molar-refractivity contribution in [3.63, 3.8) is 0 Å². The number of rotatable bonds is 6. The number of hydrogen-bond acceptors (Lipinski definition) is 4. The number of hydrogen-bond donors (Lipinski definition) is 0. The van der Waals surface area contributed by atoms with Gasteiger partial charge >= 0.3 is 0 Å². The molecule has 11 rings (SSSR count). The van der Waals surface area contributed by atoms with E-state index >= 15 is 0 Å². The van der Waals surface area contributed by atoms with E-state index in [1.807, 2.05) is 84.9 Å². The summed E-state index contributed by atoms with van der Waals surface area (Å²) in [5.74, 6) is 0.533. The van der Waals surface area contributed by atoms with Gasteiger partial charge in [-0.25, -0.2) is 9.97 Å². The first-order valence-corrected chi connectivity index (χ1v) is 19.3. The molecule has 0 atom stereocenters. The Labute approximate surface area is 334 Å². The first kappa shape index (κ1) is 33.3. The molecule has 58 heavy (non-hydrogen) atoms. The van der Waals surface area contributed by atoms with E-state index in [0.29, 0.717) is 22.8 Å². The zero-order chi connectivity index (χ0) is 38.6. The van der Waals surface area contributed by atoms with E-state index in [1.54, 1.807) is 0 Å². The van der Waals surface area contributed by atoms with Gasteiger partial charge in [0.05, 0.1) is 33.5 Å². The van der Waals surface area contributed by atoms with Crippen molar-refractivity contribution in [1.29, 1.82) is 5.26 Å². The third kappa shape index (κ3) is 5.31. The van der Waals surface area contributed by atoms with Crippen LogP contribution in [-0.4, -0.2) is 14.5 Å². The summed E-state index contributed by atoms with van der Waals surface area (Å²) in [4.78, 5) is 10.6. The van der Waals surface area contributed by atoms with Crippen LogP contribution >= 0.6 is 0 Å². The summed E-state index contributed by atoms with van der Waals surface area (Å²) < 4.78 is 9.04. The number of benzene rings is 8. The maximum Gasteiger partial charge on any atom is 0.161 e. The Morgan fingerprint density at radius 2 is 0.983 bits per heavy atom. The fourth-order valence-corrected chi connectivity index (χ4v) is 8.46. The predicted molar refractivity (Wildman–Crippen MR) is 236 cm³/mol. The maximum absolute atomic E-state index is 10.7. The number of nitrogens with zero attached hydrogens (tertiary/aromatic N) is 4. The molecule has 0 aliphatic carbocycles. The molecule has 8 aromatic carbocycles. The molecule has 3 heterocycles. The zero-order valence-corrected chi connectivity index (χ0v) is 31.2. The molecule has 0 radical (unpaired) electrons. The van der Waals surface area contributed by atoms with Crippen LogP contribution in [0.25, 0.3) is 106 Å². The lowest BCUT2D eigenvalue weighted by Crippen LogP contribution is -2.04. The van der Waals surface area contributed by atoms with E-state index in [4.69, 9.17) is 14.4 Å². The molecule has 0 aliphatic rings. The second kappa shape index (κ2) is 13.6. The maximum atomic E-state index is 10.7. The normalized spacial score (nSPS) is 11.4. The molecule has 0 unspecified atom stereocenters. The molecule has 0 amide bonds. The van der Waals surface area contributed by atoms with Gasteiger partial charge in [0.25, 0.3) is 0 Å². The summed E-state index contributed by atoms with van der Waals surface area (Å²) in [6, 6.07) is 69.0. The van der Waals surface area contributed by atoms with Crippen LogP contribution in [0, 0.1) is 11.3 Å². The quantitative estimate of drug-likeness (QED) is 0.170. The van der Waals surface area contributed by atoms with E-state index < -0.39 is 0 Å². The molecule has 0 bridgehead atoms. The molecule has 0 aliphatic heterocycles. The van der Waals surface area contributed by atoms with E-state index in [-0.39, 0.29) is 0 Å². The van der Waals surface area contributed by atoms with Crippen LogP contribution in [0.2, 0.25) is 0 Å². The van der Waals surface area contributed by atoms with Crippen molar-refractivity contribution in [2.24, 2.45) is 0 Å². The van der Waals surface area contributed by atoms with Gasteiger partial charge in [-0.1, -0.05) is 158 Å². The average Bonchev–Trinajstić information content (AvgIpc) is 3.85. The molecule has 0 saturated carbocycles. The minimum absolute atomic E-state index is 0.435. The van der Waals surface area contributed by atoms with E-state index in [1.165, 1.54) is 0 Å². The largest absolute Gasteiger partial charge is 0.455 e. The number of nitriles is 1. The monoisotopic (exact) mass is 740 g/mol. The Balaban J connectivity index is 1.27. The Hall–Kier alpha value is -8.07. The summed E-state index contributed by atoms with van der Waals surface area (Å²) in [5, 5.41) is 15.1. The highest BCUT2D eigenvalue weighted by atomic mass is 16.3. The summed E-state index contributed by atoms with van der Waals surface area (Å²) in [5.41, 5.74) is 13.1. The minimum Gasteiger partial charge on any atom is -0.455 e. The van der Waals surface area contributed by atoms with Gasteiger partial charge in [-0.3, -0.25) is 0 Å². The summed E-state index contributed by atoms with van der Waals surface area (Å²) in [6.45, 7) is 0. The molecule has 0 fully saturated rings. The summed E-state index contributed by atoms with van der Waals surface area (Å²) >= 11 is 0. The first-order chi connectivity index (χ1) is 28.7. The smallest absolute Gasteiger partial charge is 0.161 e. The lowest BCUT2D eigenvalue weighted by Gasteiger charge is -2.20. The van der Waals surface area contributed by atoms with Crippen LogP contribution in [0.4, 0.5) is 0 Å². The van der Waals surface area contributed by atoms with E-state index in [9.17, 15) is 5.26 Å². The Bertz CT molecular complexity index is 3320. The lowest BCUT2D eigenvalue weighted by atomic mass is 9.92. The number of furan rings is 1. The third-order valence-corrected chi connectivity index (χ3v) is 11.1. The van der Waals surface area contributed by atoms with Crippen molar-refractivity contribution >= 4 is 43.7 Å². The van der Waals surface area contributed by atoms with Crippen molar-refractivity contribution in [2.75, 3.05) is 0 Å². The molecule has 3 aromatic heterocycles. The first-order valence-electron chi connectivity index (χ1n) is 19.3. The standard InChI is InChI=1S/C53H32N4O/c54-33-44-50(36-21-9-3-10-22-36)55-53(56-51(44)37-23-11-4-12-24-37)43-31-42(35-19-7-2-8-20-35)47(32-41(43)34-17-5-1-6-18-34)57-45-27-15-13-26-40(45)49-46(57)30-29-39-38-25-14-16-28-48(38)58-52(39)49/h1-32H. The number of fused-ring (bicyclic) bond motifs is 7. The second-order valence-electron chi connectivity index (χ2n) is 14.4. The van der Waals surface area contributed by atoms with Crippen molar-refractivity contribution in [2.45, 2.75) is 0 Å². The molecule has 5 nitrogen and oxygen atoms in total. The van der Waals surface area contributed by atoms with Crippen LogP contribution in [0.1, 0.15) is 5.56 Å². The molecule has 11 aromatic rings. The zero-order valence-electron chi connectivity index (χ0n) is 31.2. The molecular formula is C53H32N4O. The SMILES string of the molecule is N#Cc1c(-c2ccccc2)nc(-c2cc(-c3ccccc3)c(-n3c4ccccc4c4c5oc6ccccc6c5ccc43)cc2-c2ccccc2)nc1-c1ccccc1. The van der Waals surface area contributed by atoms with Gasteiger partial charge in [-0.05, 0) is 53.1 Å². The van der Waals surface area contributed by atoms with Crippen LogP contribution in [-0.2, 0) is 0 Å². The van der Waals surface area contributed by atoms with Gasteiger partial charge in [-0.15, -0.1) is 0 Å². The summed E-state index contributed by atoms with van der Waals surface area (Å²) in [6.07, 6.45) is 0. The highest BCUT2D eigenvalue weighted by molar-refractivity contribution is 6.24. The van der Waals surface area contributed by atoms with Gasteiger partial charge in [0.1, 0.15) is 22.8 Å². The molecular weight excluding hydrogens is 709 g/mol. The molecule has 0 N–H and O–H groups in total. The Kier molecular flexibility index (Phi) is 7.80. The van der Waals surface area contributed by atoms with Crippen molar-refractivity contribution < 1.29 is 4.42 Å². The predicted octanol–water partition coefficient (Wildman–Crippen LogP) is 13.7. The summed E-state index contributed by atoms with van der Waals surface area (Å²) in [7, 11) is 0. The van der Waals surface area contributed by atoms with Gasteiger partial charge in [0.2, 0.25) is 0 Å². The lowest BCUT2D eigenvalue weighted by molar-refractivity contribution is 0.673. The third-order valence-electron chi connectivity index (χ3n) is 11.1. The van der Waals surface area contributed by atoms with Crippen LogP contribution in [0.15, 0.2) is 199 Å². The van der Waals surface area contributed by atoms with Crippen molar-refractivity contribution in [3.05, 3.63) is 200 Å². The highest BCUT2D eigenvalue weighted by Gasteiger charge is 2.25. The number of para-hydroxylation sites is 2.